The maximum Gasteiger partial charge on any atom is 0.221 e. The van der Waals surface area contributed by atoms with Gasteiger partial charge in [0.2, 0.25) is 5.88 Å². The van der Waals surface area contributed by atoms with E-state index < -0.39 is 0 Å². The molecule has 2 heterocycles. The van der Waals surface area contributed by atoms with E-state index in [4.69, 9.17) is 4.74 Å². The van der Waals surface area contributed by atoms with Crippen LogP contribution in [-0.4, -0.2) is 28.6 Å². The molecule has 5 nitrogen and oxygen atoms in total. The number of aryl methyl sites for hydroxylation is 2. The molecule has 0 unspecified atom stereocenters. The molecule has 2 rings (SSSR count). The van der Waals surface area contributed by atoms with Crippen LogP contribution in [0.5, 0.6) is 5.88 Å². The van der Waals surface area contributed by atoms with E-state index in [0.717, 1.165) is 24.2 Å². The van der Waals surface area contributed by atoms with Crippen LogP contribution >= 0.6 is 0 Å². The summed E-state index contributed by atoms with van der Waals surface area (Å²) in [5.74, 6) is 2.20. The van der Waals surface area contributed by atoms with Crippen LogP contribution in [-0.2, 0) is 6.42 Å². The average molecular weight is 272 g/mol. The van der Waals surface area contributed by atoms with Crippen molar-refractivity contribution < 1.29 is 4.74 Å². The van der Waals surface area contributed by atoms with Gasteiger partial charge in [0.15, 0.2) is 0 Å². The van der Waals surface area contributed by atoms with Crippen LogP contribution < -0.4 is 10.1 Å². The van der Waals surface area contributed by atoms with Crippen LogP contribution in [0.15, 0.2) is 24.5 Å². The molecule has 2 aromatic rings. The van der Waals surface area contributed by atoms with Gasteiger partial charge in [0.1, 0.15) is 11.6 Å². The summed E-state index contributed by atoms with van der Waals surface area (Å²) in [6.07, 6.45) is 5.55. The van der Waals surface area contributed by atoms with Gasteiger partial charge < -0.3 is 10.1 Å². The van der Waals surface area contributed by atoms with Crippen molar-refractivity contribution >= 4 is 5.82 Å². The Bertz CT molecular complexity index is 557. The van der Waals surface area contributed by atoms with Gasteiger partial charge in [0.05, 0.1) is 12.2 Å². The van der Waals surface area contributed by atoms with Gasteiger partial charge in [-0.15, -0.1) is 0 Å². The zero-order chi connectivity index (χ0) is 14.4. The van der Waals surface area contributed by atoms with Crippen molar-refractivity contribution in [2.75, 3.05) is 19.0 Å². The van der Waals surface area contributed by atoms with Gasteiger partial charge in [-0.25, -0.2) is 4.98 Å². The summed E-state index contributed by atoms with van der Waals surface area (Å²) >= 11 is 0. The second-order valence-electron chi connectivity index (χ2n) is 4.61. The van der Waals surface area contributed by atoms with E-state index in [0.29, 0.717) is 18.3 Å². The van der Waals surface area contributed by atoms with E-state index in [1.807, 2.05) is 45.4 Å². The lowest BCUT2D eigenvalue weighted by atomic mass is 10.1. The fraction of sp³-hybridized carbons (Fsp3) is 0.400. The van der Waals surface area contributed by atoms with E-state index in [1.165, 1.54) is 5.56 Å². The zero-order valence-electron chi connectivity index (χ0n) is 12.2. The van der Waals surface area contributed by atoms with Crippen molar-refractivity contribution in [1.29, 1.82) is 0 Å². The smallest absolute Gasteiger partial charge is 0.221 e. The van der Waals surface area contributed by atoms with Crippen molar-refractivity contribution in [3.05, 3.63) is 41.5 Å². The summed E-state index contributed by atoms with van der Waals surface area (Å²) in [6.45, 7) is 4.47. The first kappa shape index (κ1) is 14.2. The molecule has 2 aromatic heterocycles. The van der Waals surface area contributed by atoms with Crippen LogP contribution in [0.3, 0.4) is 0 Å². The van der Waals surface area contributed by atoms with Crippen LogP contribution in [0.2, 0.25) is 0 Å². The van der Waals surface area contributed by atoms with Gasteiger partial charge in [0.25, 0.3) is 0 Å². The molecule has 0 saturated heterocycles. The van der Waals surface area contributed by atoms with Crippen LogP contribution in [0, 0.1) is 13.8 Å². The molecule has 0 fully saturated rings. The first-order valence-electron chi connectivity index (χ1n) is 6.75. The predicted octanol–water partition coefficient (Wildman–Crippen LogP) is 2.54. The minimum atomic E-state index is 0.642. The number of rotatable bonds is 6. The van der Waals surface area contributed by atoms with E-state index >= 15 is 0 Å². The summed E-state index contributed by atoms with van der Waals surface area (Å²) in [6, 6.07) is 4.05. The fourth-order valence-corrected chi connectivity index (χ4v) is 1.98. The summed E-state index contributed by atoms with van der Waals surface area (Å²) in [5, 5.41) is 3.05. The van der Waals surface area contributed by atoms with Gasteiger partial charge in [-0.2, -0.15) is 4.98 Å². The van der Waals surface area contributed by atoms with Gasteiger partial charge in [-0.3, -0.25) is 4.98 Å². The molecule has 0 aliphatic rings. The van der Waals surface area contributed by atoms with E-state index in [2.05, 4.69) is 20.3 Å². The molecule has 0 saturated carbocycles. The largest absolute Gasteiger partial charge is 0.477 e. The minimum Gasteiger partial charge on any atom is -0.477 e. The molecule has 0 aliphatic carbocycles. The van der Waals surface area contributed by atoms with Crippen LogP contribution in [0.4, 0.5) is 5.82 Å². The summed E-state index contributed by atoms with van der Waals surface area (Å²) in [5.41, 5.74) is 2.22. The molecule has 0 radical (unpaired) electrons. The standard InChI is InChI=1S/C15H20N4O/c1-11-14(16-3)18-12(2)19-15(11)20-10-4-5-13-6-8-17-9-7-13/h6-9H,4-5,10H2,1-3H3,(H,16,18,19). The van der Waals surface area contributed by atoms with Crippen molar-refractivity contribution in [2.45, 2.75) is 26.7 Å². The Hall–Kier alpha value is -2.17. The monoisotopic (exact) mass is 272 g/mol. The first-order valence-corrected chi connectivity index (χ1v) is 6.75. The van der Waals surface area contributed by atoms with Crippen LogP contribution in [0.25, 0.3) is 0 Å². The summed E-state index contributed by atoms with van der Waals surface area (Å²) in [7, 11) is 1.85. The molecule has 0 spiro atoms. The highest BCUT2D eigenvalue weighted by atomic mass is 16.5. The lowest BCUT2D eigenvalue weighted by Gasteiger charge is -2.11. The molecule has 0 aromatic carbocycles. The summed E-state index contributed by atoms with van der Waals surface area (Å²) < 4.78 is 5.78. The molecular weight excluding hydrogens is 252 g/mol. The quantitative estimate of drug-likeness (QED) is 0.819. The maximum atomic E-state index is 5.78. The number of aromatic nitrogens is 3. The molecule has 5 heteroatoms. The fourth-order valence-electron chi connectivity index (χ4n) is 1.98. The van der Waals surface area contributed by atoms with Crippen molar-refractivity contribution in [1.82, 2.24) is 15.0 Å². The molecule has 0 aliphatic heterocycles. The minimum absolute atomic E-state index is 0.642. The number of pyridine rings is 1. The third-order valence-electron chi connectivity index (χ3n) is 3.05. The number of ether oxygens (including phenoxy) is 1. The topological polar surface area (TPSA) is 59.9 Å². The molecule has 20 heavy (non-hydrogen) atoms. The predicted molar refractivity (Wildman–Crippen MR) is 79.1 cm³/mol. The highest BCUT2D eigenvalue weighted by Gasteiger charge is 2.08. The van der Waals surface area contributed by atoms with Gasteiger partial charge >= 0.3 is 0 Å². The Labute approximate surface area is 119 Å². The maximum absolute atomic E-state index is 5.78. The van der Waals surface area contributed by atoms with Gasteiger partial charge in [-0.1, -0.05) is 0 Å². The van der Waals surface area contributed by atoms with Gasteiger partial charge in [-0.05, 0) is 44.4 Å². The first-order chi connectivity index (χ1) is 9.70. The highest BCUT2D eigenvalue weighted by molar-refractivity contribution is 5.47. The lowest BCUT2D eigenvalue weighted by Crippen LogP contribution is -2.07. The molecule has 0 bridgehead atoms. The van der Waals surface area contributed by atoms with E-state index in [1.54, 1.807) is 0 Å². The Balaban J connectivity index is 1.90. The van der Waals surface area contributed by atoms with E-state index in [-0.39, 0.29) is 0 Å². The Kier molecular flexibility index (Phi) is 4.87. The second kappa shape index (κ2) is 6.84. The van der Waals surface area contributed by atoms with Crippen LogP contribution in [0.1, 0.15) is 23.4 Å². The third-order valence-corrected chi connectivity index (χ3v) is 3.05. The van der Waals surface area contributed by atoms with Crippen molar-refractivity contribution in [2.24, 2.45) is 0 Å². The molecule has 0 amide bonds. The van der Waals surface area contributed by atoms with E-state index in [9.17, 15) is 0 Å². The second-order valence-corrected chi connectivity index (χ2v) is 4.61. The Morgan fingerprint density at radius 3 is 2.60 bits per heavy atom. The summed E-state index contributed by atoms with van der Waals surface area (Å²) in [4.78, 5) is 12.7. The SMILES string of the molecule is CNc1nc(C)nc(OCCCc2ccncc2)c1C. The molecule has 106 valence electrons. The Morgan fingerprint density at radius 1 is 1.15 bits per heavy atom. The molecular formula is C15H20N4O. The average Bonchev–Trinajstić information content (AvgIpc) is 2.47. The van der Waals surface area contributed by atoms with Gasteiger partial charge in [0, 0.05) is 19.4 Å². The molecule has 1 N–H and O–H groups in total. The number of hydrogen-bond acceptors (Lipinski definition) is 5. The number of nitrogens with one attached hydrogen (secondary N) is 1. The van der Waals surface area contributed by atoms with Crippen molar-refractivity contribution in [3.8, 4) is 5.88 Å². The lowest BCUT2D eigenvalue weighted by molar-refractivity contribution is 0.296. The normalized spacial score (nSPS) is 10.3. The number of anilines is 1. The highest BCUT2D eigenvalue weighted by Crippen LogP contribution is 2.21. The zero-order valence-corrected chi connectivity index (χ0v) is 12.2. The Morgan fingerprint density at radius 2 is 1.90 bits per heavy atom. The third kappa shape index (κ3) is 3.66. The van der Waals surface area contributed by atoms with Crippen molar-refractivity contribution in [3.63, 3.8) is 0 Å². The number of hydrogen-bond donors (Lipinski definition) is 1. The molecule has 0 atom stereocenters. The number of nitrogens with zero attached hydrogens (tertiary/aromatic N) is 3.